The van der Waals surface area contributed by atoms with Crippen LogP contribution in [0.1, 0.15) is 22.4 Å². The normalized spacial score (nSPS) is 10.7. The lowest BCUT2D eigenvalue weighted by Gasteiger charge is -1.98. The van der Waals surface area contributed by atoms with Crippen LogP contribution in [0, 0.1) is 0 Å². The average Bonchev–Trinajstić information content (AvgIpc) is 2.88. The van der Waals surface area contributed by atoms with Crippen LogP contribution in [-0.4, -0.2) is 4.98 Å². The number of hydrogen-bond donors (Lipinski definition) is 1. The molecule has 0 amide bonds. The molecular weight excluding hydrogens is 208 g/mol. The molecule has 80 valence electrons. The second kappa shape index (κ2) is 5.09. The van der Waals surface area contributed by atoms with E-state index >= 15 is 0 Å². The monoisotopic (exact) mass is 222 g/mol. The van der Waals surface area contributed by atoms with E-state index in [9.17, 15) is 0 Å². The number of nitrogens with one attached hydrogen (secondary N) is 1. The highest BCUT2D eigenvalue weighted by Gasteiger charge is 2.00. The third-order valence-electron chi connectivity index (χ3n) is 2.11. The van der Waals surface area contributed by atoms with Crippen LogP contribution >= 0.6 is 11.3 Å². The zero-order valence-corrected chi connectivity index (χ0v) is 9.51. The lowest BCUT2D eigenvalue weighted by atomic mass is 10.3. The van der Waals surface area contributed by atoms with Crippen LogP contribution in [0.3, 0.4) is 0 Å². The molecule has 0 aliphatic carbocycles. The maximum atomic E-state index is 4.99. The third kappa shape index (κ3) is 2.91. The molecule has 1 N–H and O–H groups in total. The van der Waals surface area contributed by atoms with Crippen LogP contribution in [0.25, 0.3) is 0 Å². The van der Waals surface area contributed by atoms with E-state index in [1.807, 2.05) is 12.3 Å². The van der Waals surface area contributed by atoms with E-state index in [1.165, 1.54) is 15.4 Å². The lowest BCUT2D eigenvalue weighted by molar-refractivity contribution is 0.560. The summed E-state index contributed by atoms with van der Waals surface area (Å²) in [6.45, 7) is 3.85. The molecule has 0 spiro atoms. The molecule has 2 aromatic rings. The molecule has 0 aliphatic rings. The van der Waals surface area contributed by atoms with Crippen molar-refractivity contribution in [1.29, 1.82) is 0 Å². The Morgan fingerprint density at radius 3 is 3.07 bits per heavy atom. The fraction of sp³-hybridized carbons (Fsp3) is 0.364. The summed E-state index contributed by atoms with van der Waals surface area (Å²) in [5.41, 5.74) is 1.18. The molecule has 0 saturated heterocycles. The van der Waals surface area contributed by atoms with E-state index < -0.39 is 0 Å². The predicted octanol–water partition coefficient (Wildman–Crippen LogP) is 2.59. The van der Waals surface area contributed by atoms with Gasteiger partial charge >= 0.3 is 0 Å². The van der Waals surface area contributed by atoms with Crippen molar-refractivity contribution in [2.45, 2.75) is 26.4 Å². The van der Waals surface area contributed by atoms with Gasteiger partial charge in [0.2, 0.25) is 0 Å². The summed E-state index contributed by atoms with van der Waals surface area (Å²) < 4.78 is 4.99. The van der Waals surface area contributed by atoms with Crippen molar-refractivity contribution in [1.82, 2.24) is 10.3 Å². The van der Waals surface area contributed by atoms with Crippen molar-refractivity contribution >= 4 is 11.3 Å². The third-order valence-corrected chi connectivity index (χ3v) is 3.25. The Kier molecular flexibility index (Phi) is 3.53. The Morgan fingerprint density at radius 1 is 1.47 bits per heavy atom. The first-order valence-corrected chi connectivity index (χ1v) is 5.85. The number of hydrogen-bond acceptors (Lipinski definition) is 4. The maximum absolute atomic E-state index is 4.99. The molecule has 0 aromatic carbocycles. The number of aromatic nitrogens is 1. The number of furan rings is 1. The van der Waals surface area contributed by atoms with Crippen LogP contribution in [0.4, 0.5) is 0 Å². The summed E-state index contributed by atoms with van der Waals surface area (Å²) >= 11 is 1.77. The average molecular weight is 222 g/mol. The van der Waals surface area contributed by atoms with Gasteiger partial charge in [0.15, 0.2) is 0 Å². The Labute approximate surface area is 93.2 Å². The number of aryl methyl sites for hydroxylation is 1. The van der Waals surface area contributed by atoms with E-state index in [4.69, 9.17) is 4.42 Å². The smallest absolute Gasteiger partial charge is 0.0947 e. The highest BCUT2D eigenvalue weighted by Crippen LogP contribution is 2.13. The van der Waals surface area contributed by atoms with Gasteiger partial charge in [0.05, 0.1) is 17.5 Å². The van der Waals surface area contributed by atoms with Gasteiger partial charge in [-0.1, -0.05) is 6.92 Å². The summed E-state index contributed by atoms with van der Waals surface area (Å²) in [4.78, 5) is 5.60. The SMILES string of the molecule is CCc1ncc(CNCc2ccoc2)s1. The van der Waals surface area contributed by atoms with Gasteiger partial charge in [-0.25, -0.2) is 4.98 Å². The fourth-order valence-electron chi connectivity index (χ4n) is 1.32. The standard InChI is InChI=1S/C11H14N2OS/c1-2-11-13-7-10(15-11)6-12-5-9-3-4-14-8-9/h3-4,7-8,12H,2,5-6H2,1H3. The summed E-state index contributed by atoms with van der Waals surface area (Å²) in [5, 5.41) is 4.56. The van der Waals surface area contributed by atoms with Gasteiger partial charge in [-0.05, 0) is 12.5 Å². The zero-order chi connectivity index (χ0) is 10.5. The van der Waals surface area contributed by atoms with Crippen LogP contribution in [0.5, 0.6) is 0 Å². The van der Waals surface area contributed by atoms with E-state index in [2.05, 4.69) is 17.2 Å². The van der Waals surface area contributed by atoms with Crippen LogP contribution in [0.15, 0.2) is 29.2 Å². The Bertz CT molecular complexity index is 394. The van der Waals surface area contributed by atoms with Crippen LogP contribution in [0.2, 0.25) is 0 Å². The molecule has 2 aromatic heterocycles. The lowest BCUT2D eigenvalue weighted by Crippen LogP contribution is -2.10. The predicted molar refractivity (Wildman–Crippen MR) is 60.7 cm³/mol. The Balaban J connectivity index is 1.78. The molecule has 0 bridgehead atoms. The number of rotatable bonds is 5. The largest absolute Gasteiger partial charge is 0.472 e. The highest BCUT2D eigenvalue weighted by atomic mass is 32.1. The molecule has 0 atom stereocenters. The Morgan fingerprint density at radius 2 is 2.40 bits per heavy atom. The first-order chi connectivity index (χ1) is 7.38. The Hall–Kier alpha value is -1.13. The molecule has 3 nitrogen and oxygen atoms in total. The second-order valence-electron chi connectivity index (χ2n) is 3.31. The highest BCUT2D eigenvalue weighted by molar-refractivity contribution is 7.11. The van der Waals surface area contributed by atoms with Crippen LogP contribution < -0.4 is 5.32 Å². The second-order valence-corrected chi connectivity index (χ2v) is 4.51. The minimum atomic E-state index is 0.843. The summed E-state index contributed by atoms with van der Waals surface area (Å²) in [7, 11) is 0. The molecule has 0 fully saturated rings. The summed E-state index contributed by atoms with van der Waals surface area (Å²) in [6.07, 6.45) is 6.42. The van der Waals surface area contributed by atoms with Crippen molar-refractivity contribution in [2.24, 2.45) is 0 Å². The van der Waals surface area contributed by atoms with Gasteiger partial charge in [-0.15, -0.1) is 11.3 Å². The van der Waals surface area contributed by atoms with Crippen molar-refractivity contribution in [3.05, 3.63) is 40.2 Å². The summed E-state index contributed by atoms with van der Waals surface area (Å²) in [6, 6.07) is 1.97. The van der Waals surface area contributed by atoms with Crippen molar-refractivity contribution in [3.63, 3.8) is 0 Å². The first-order valence-electron chi connectivity index (χ1n) is 5.04. The van der Waals surface area contributed by atoms with Crippen molar-refractivity contribution < 1.29 is 4.42 Å². The van der Waals surface area contributed by atoms with E-state index in [0.717, 1.165) is 19.5 Å². The quantitative estimate of drug-likeness (QED) is 0.845. The minimum absolute atomic E-state index is 0.843. The number of nitrogens with zero attached hydrogens (tertiary/aromatic N) is 1. The van der Waals surface area contributed by atoms with Gasteiger partial charge in [-0.3, -0.25) is 0 Å². The molecule has 0 unspecified atom stereocenters. The molecule has 4 heteroatoms. The topological polar surface area (TPSA) is 38.1 Å². The number of thiazole rings is 1. The van der Waals surface area contributed by atoms with Crippen molar-refractivity contribution in [3.8, 4) is 0 Å². The molecule has 2 rings (SSSR count). The molecule has 0 radical (unpaired) electrons. The van der Waals surface area contributed by atoms with Gasteiger partial charge in [0.1, 0.15) is 0 Å². The molecule has 15 heavy (non-hydrogen) atoms. The van der Waals surface area contributed by atoms with Gasteiger partial charge in [0, 0.05) is 29.7 Å². The summed E-state index contributed by atoms with van der Waals surface area (Å²) in [5.74, 6) is 0. The van der Waals surface area contributed by atoms with Gasteiger partial charge in [-0.2, -0.15) is 0 Å². The van der Waals surface area contributed by atoms with Crippen LogP contribution in [-0.2, 0) is 19.5 Å². The fourth-order valence-corrected chi connectivity index (χ4v) is 2.15. The van der Waals surface area contributed by atoms with Crippen molar-refractivity contribution in [2.75, 3.05) is 0 Å². The van der Waals surface area contributed by atoms with Gasteiger partial charge < -0.3 is 9.73 Å². The molecule has 2 heterocycles. The molecule has 0 aliphatic heterocycles. The van der Waals surface area contributed by atoms with E-state index in [0.29, 0.717) is 0 Å². The van der Waals surface area contributed by atoms with Gasteiger partial charge in [0.25, 0.3) is 0 Å². The molecular formula is C11H14N2OS. The minimum Gasteiger partial charge on any atom is -0.472 e. The maximum Gasteiger partial charge on any atom is 0.0947 e. The molecule has 0 saturated carbocycles. The van der Waals surface area contributed by atoms with E-state index in [-0.39, 0.29) is 0 Å². The first kappa shape index (κ1) is 10.4. The zero-order valence-electron chi connectivity index (χ0n) is 8.69. The van der Waals surface area contributed by atoms with E-state index in [1.54, 1.807) is 23.9 Å².